The molecule has 0 aromatic heterocycles. The first-order chi connectivity index (χ1) is 20.6. The van der Waals surface area contributed by atoms with Gasteiger partial charge in [-0.2, -0.15) is 8.42 Å². The van der Waals surface area contributed by atoms with Gasteiger partial charge in [-0.3, -0.25) is 18.9 Å². The molecule has 2 aromatic carbocycles. The zero-order valence-electron chi connectivity index (χ0n) is 25.8. The molecule has 2 aliphatic heterocycles. The molecule has 0 atom stereocenters. The van der Waals surface area contributed by atoms with E-state index in [1.807, 2.05) is 43.9 Å². The Kier molecular flexibility index (Phi) is 8.13. The first-order valence-electron chi connectivity index (χ1n) is 15.1. The number of hydrogen-bond donors (Lipinski definition) is 2. The quantitative estimate of drug-likeness (QED) is 0.197. The van der Waals surface area contributed by atoms with Crippen LogP contribution >= 0.6 is 0 Å². The highest BCUT2D eigenvalue weighted by Gasteiger charge is 2.51. The lowest BCUT2D eigenvalue weighted by atomic mass is 9.69. The van der Waals surface area contributed by atoms with Crippen LogP contribution in [0.5, 0.6) is 0 Å². The second-order valence-electron chi connectivity index (χ2n) is 12.9. The van der Waals surface area contributed by atoms with E-state index in [2.05, 4.69) is 30.9 Å². The van der Waals surface area contributed by atoms with Crippen molar-refractivity contribution >= 4 is 39.0 Å². The molecule has 10 heteroatoms. The number of ketones is 2. The number of para-hydroxylation sites is 1. The average Bonchev–Trinajstić information content (AvgIpc) is 3.31. The molecule has 3 aliphatic rings. The highest BCUT2D eigenvalue weighted by molar-refractivity contribution is 7.85. The topological polar surface area (TPSA) is 132 Å². The van der Waals surface area contributed by atoms with E-state index in [9.17, 15) is 27.4 Å². The lowest BCUT2D eigenvalue weighted by molar-refractivity contribution is -0.146. The molecule has 2 aromatic rings. The van der Waals surface area contributed by atoms with Crippen LogP contribution in [0.3, 0.4) is 0 Å². The first kappa shape index (κ1) is 31.7. The minimum absolute atomic E-state index is 0.0712. The Morgan fingerprint density at radius 1 is 0.841 bits per heavy atom. The molecule has 5 rings (SSSR count). The normalized spacial score (nSPS) is 23.7. The van der Waals surface area contributed by atoms with Crippen molar-refractivity contribution in [1.82, 2.24) is 0 Å². The molecule has 0 saturated heterocycles. The highest BCUT2D eigenvalue weighted by atomic mass is 32.2. The zero-order valence-corrected chi connectivity index (χ0v) is 26.6. The Labute approximate surface area is 259 Å². The Bertz CT molecular complexity index is 1690. The van der Waals surface area contributed by atoms with Crippen molar-refractivity contribution in [2.45, 2.75) is 76.0 Å². The fraction of sp³-hybridized carbons (Fsp3) is 0.441. The van der Waals surface area contributed by atoms with Crippen LogP contribution in [-0.4, -0.2) is 48.7 Å². The zero-order chi connectivity index (χ0) is 32.2. The third kappa shape index (κ3) is 5.28. The number of likely N-dealkylation sites (N-methyl/N-ethyl adjacent to an activating group) is 1. The lowest BCUT2D eigenvalue weighted by Crippen LogP contribution is -2.48. The van der Waals surface area contributed by atoms with Crippen molar-refractivity contribution in [2.75, 3.05) is 22.9 Å². The molecule has 234 valence electrons. The number of carboxylic acids is 1. The number of carbonyl (C=O) groups excluding carboxylic acids is 2. The Morgan fingerprint density at radius 2 is 1.41 bits per heavy atom. The number of fused-ring (bicyclic) bond motifs is 2. The monoisotopic (exact) mass is 620 g/mol. The van der Waals surface area contributed by atoms with Crippen molar-refractivity contribution in [1.29, 1.82) is 0 Å². The van der Waals surface area contributed by atoms with Gasteiger partial charge in [0, 0.05) is 53.1 Å². The van der Waals surface area contributed by atoms with Gasteiger partial charge in [-0.1, -0.05) is 52.3 Å². The van der Waals surface area contributed by atoms with Crippen LogP contribution in [0.2, 0.25) is 0 Å². The largest absolute Gasteiger partial charge is 0.481 e. The van der Waals surface area contributed by atoms with Gasteiger partial charge in [0.25, 0.3) is 10.1 Å². The Hall–Kier alpha value is -3.76. The van der Waals surface area contributed by atoms with Crippen molar-refractivity contribution in [3.63, 3.8) is 0 Å². The number of carbonyl (C=O) groups is 3. The summed E-state index contributed by atoms with van der Waals surface area (Å²) in [7, 11) is -4.44. The number of nitrogens with zero attached hydrogens (tertiary/aromatic N) is 2. The van der Waals surface area contributed by atoms with Crippen LogP contribution in [0, 0.1) is 11.8 Å². The molecule has 9 nitrogen and oxygen atoms in total. The molecule has 44 heavy (non-hydrogen) atoms. The summed E-state index contributed by atoms with van der Waals surface area (Å²) in [4.78, 5) is 42.2. The molecule has 0 spiro atoms. The van der Waals surface area contributed by atoms with E-state index in [4.69, 9.17) is 5.11 Å². The Morgan fingerprint density at radius 3 is 2.00 bits per heavy atom. The van der Waals surface area contributed by atoms with Gasteiger partial charge in [0.15, 0.2) is 11.6 Å². The van der Waals surface area contributed by atoms with E-state index >= 15 is 0 Å². The number of Topliss-reactive ketones (excluding diaryl/α,β-unsaturated/α-hetero) is 2. The number of carboxylic acid groups (broad SMARTS) is 1. The fourth-order valence-corrected chi connectivity index (χ4v) is 7.48. The number of allylic oxidation sites excluding steroid dienone is 4. The number of anilines is 2. The minimum Gasteiger partial charge on any atom is -0.481 e. The fourth-order valence-electron chi connectivity index (χ4n) is 6.98. The standard InChI is InChI=1S/C34H40N2O7S/c1-6-35-26-13-10-9-12-24(26)33(2,3)28(35)19-22-31(39)23(32(22)40)20-29-34(4,5)25-18-21(44(41,42)43)15-16-27(25)36(29)17-11-7-8-14-30(37)38/h9-10,12-13,15-16,18-20,22-23H,6-8,11,14,17H2,1-5H3,(H,37,38)(H,41,42,43)/b28-19+,29-20+. The van der Waals surface area contributed by atoms with Gasteiger partial charge >= 0.3 is 5.97 Å². The predicted molar refractivity (Wildman–Crippen MR) is 168 cm³/mol. The van der Waals surface area contributed by atoms with Crippen molar-refractivity contribution in [2.24, 2.45) is 11.8 Å². The third-order valence-electron chi connectivity index (χ3n) is 9.42. The van der Waals surface area contributed by atoms with Crippen molar-refractivity contribution in [3.8, 4) is 0 Å². The number of aliphatic carboxylic acids is 1. The molecule has 2 heterocycles. The van der Waals surface area contributed by atoms with Crippen LogP contribution in [0.15, 0.2) is 70.9 Å². The molecule has 0 amide bonds. The second-order valence-corrected chi connectivity index (χ2v) is 14.3. The van der Waals surface area contributed by atoms with Gasteiger partial charge in [-0.05, 0) is 67.3 Å². The van der Waals surface area contributed by atoms with Gasteiger partial charge in [-0.15, -0.1) is 0 Å². The Balaban J connectivity index is 1.46. The minimum atomic E-state index is -4.44. The molecule has 1 saturated carbocycles. The maximum Gasteiger partial charge on any atom is 0.303 e. The summed E-state index contributed by atoms with van der Waals surface area (Å²) in [5.74, 6) is -2.99. The molecule has 0 bridgehead atoms. The number of rotatable bonds is 10. The molecule has 0 radical (unpaired) electrons. The van der Waals surface area contributed by atoms with Gasteiger partial charge < -0.3 is 14.9 Å². The van der Waals surface area contributed by atoms with Crippen LogP contribution in [0.1, 0.15) is 71.4 Å². The molecular formula is C34H40N2O7S. The van der Waals surface area contributed by atoms with Crippen molar-refractivity contribution < 1.29 is 32.5 Å². The van der Waals surface area contributed by atoms with E-state index < -0.39 is 33.3 Å². The van der Waals surface area contributed by atoms with Gasteiger partial charge in [0.1, 0.15) is 0 Å². The number of unbranched alkanes of at least 4 members (excludes halogenated alkanes) is 2. The van der Waals surface area contributed by atoms with Crippen molar-refractivity contribution in [3.05, 3.63) is 77.1 Å². The molecular weight excluding hydrogens is 580 g/mol. The van der Waals surface area contributed by atoms with E-state index in [0.717, 1.165) is 22.6 Å². The summed E-state index contributed by atoms with van der Waals surface area (Å²) < 4.78 is 33.6. The molecule has 1 aliphatic carbocycles. The van der Waals surface area contributed by atoms with Crippen LogP contribution < -0.4 is 9.80 Å². The van der Waals surface area contributed by atoms with Gasteiger partial charge in [-0.25, -0.2) is 0 Å². The maximum absolute atomic E-state index is 13.7. The highest BCUT2D eigenvalue weighted by Crippen LogP contribution is 2.51. The summed E-state index contributed by atoms with van der Waals surface area (Å²) in [5, 5.41) is 8.99. The number of hydrogen-bond acceptors (Lipinski definition) is 7. The molecule has 1 fully saturated rings. The van der Waals surface area contributed by atoms with Gasteiger partial charge in [0.2, 0.25) is 0 Å². The summed E-state index contributed by atoms with van der Waals surface area (Å²) in [6, 6.07) is 12.5. The van der Waals surface area contributed by atoms with Crippen LogP contribution in [-0.2, 0) is 35.3 Å². The third-order valence-corrected chi connectivity index (χ3v) is 10.3. The van der Waals surface area contributed by atoms with E-state index in [1.165, 1.54) is 12.1 Å². The van der Waals surface area contributed by atoms with Crippen LogP contribution in [0.25, 0.3) is 0 Å². The number of benzene rings is 2. The lowest BCUT2D eigenvalue weighted by Gasteiger charge is -2.34. The summed E-state index contributed by atoms with van der Waals surface area (Å²) in [5.41, 5.74) is 4.13. The molecule has 0 unspecified atom stereocenters. The second kappa shape index (κ2) is 11.3. The van der Waals surface area contributed by atoms with E-state index in [1.54, 1.807) is 12.1 Å². The first-order valence-corrected chi connectivity index (χ1v) is 16.5. The SMILES string of the molecule is CCN1/C(=C/C2C(=O)C(/C=C3/N(CCCCCC(=O)O)c4ccc(S(=O)(=O)O)cc4C3(C)C)C2=O)C(C)(C)c2ccccc21. The maximum atomic E-state index is 13.7. The van der Waals surface area contributed by atoms with Gasteiger partial charge in [0.05, 0.1) is 16.7 Å². The van der Waals surface area contributed by atoms with Crippen LogP contribution in [0.4, 0.5) is 11.4 Å². The summed E-state index contributed by atoms with van der Waals surface area (Å²) >= 11 is 0. The average molecular weight is 621 g/mol. The van der Waals surface area contributed by atoms with E-state index in [-0.39, 0.29) is 28.3 Å². The summed E-state index contributed by atoms with van der Waals surface area (Å²) in [6.45, 7) is 11.3. The summed E-state index contributed by atoms with van der Waals surface area (Å²) in [6.07, 6.45) is 5.46. The predicted octanol–water partition coefficient (Wildman–Crippen LogP) is 5.65. The van der Waals surface area contributed by atoms with E-state index in [0.29, 0.717) is 43.6 Å². The smallest absolute Gasteiger partial charge is 0.303 e. The molecule has 2 N–H and O–H groups in total.